The Morgan fingerprint density at radius 1 is 1.25 bits per heavy atom. The van der Waals surface area contributed by atoms with E-state index in [9.17, 15) is 9.59 Å². The fourth-order valence-electron chi connectivity index (χ4n) is 2.31. The largest absolute Gasteiger partial charge is 0.454 e. The van der Waals surface area contributed by atoms with Crippen molar-refractivity contribution in [2.75, 3.05) is 25.2 Å². The second kappa shape index (κ2) is 6.88. The Bertz CT molecular complexity index is 770. The van der Waals surface area contributed by atoms with E-state index in [0.717, 1.165) is 0 Å². The zero-order chi connectivity index (χ0) is 17.1. The fourth-order valence-corrected chi connectivity index (χ4v) is 2.99. The van der Waals surface area contributed by atoms with E-state index >= 15 is 0 Å². The van der Waals surface area contributed by atoms with Gasteiger partial charge in [-0.05, 0) is 32.0 Å². The number of nitrogens with one attached hydrogen (secondary N) is 1. The van der Waals surface area contributed by atoms with Gasteiger partial charge in [-0.3, -0.25) is 14.9 Å². The number of hydrogen-bond donors (Lipinski definition) is 1. The number of fused-ring (bicyclic) bond motifs is 1. The Balaban J connectivity index is 1.70. The number of nitrogens with zero attached hydrogens (tertiary/aromatic N) is 2. The maximum absolute atomic E-state index is 12.3. The van der Waals surface area contributed by atoms with Crippen LogP contribution in [0.4, 0.5) is 5.13 Å². The summed E-state index contributed by atoms with van der Waals surface area (Å²) in [5.74, 6) is 0.705. The summed E-state index contributed by atoms with van der Waals surface area (Å²) in [4.78, 5) is 30.4. The Hall–Kier alpha value is -2.61. The van der Waals surface area contributed by atoms with Gasteiger partial charge in [0.05, 0.1) is 0 Å². The molecule has 8 heteroatoms. The van der Waals surface area contributed by atoms with Crippen LogP contribution in [0.25, 0.3) is 0 Å². The molecule has 1 aliphatic heterocycles. The van der Waals surface area contributed by atoms with Crippen molar-refractivity contribution in [1.29, 1.82) is 0 Å². The number of benzene rings is 1. The highest BCUT2D eigenvalue weighted by atomic mass is 32.1. The Labute approximate surface area is 143 Å². The molecule has 2 heterocycles. The average Bonchev–Trinajstić information content (AvgIpc) is 3.24. The first-order valence-corrected chi connectivity index (χ1v) is 8.46. The molecule has 0 saturated carbocycles. The SMILES string of the molecule is CCN(CC)C(=O)c1csc(NC(=O)c2ccc3c(c2)OCO3)n1. The average molecular weight is 347 g/mol. The quantitative estimate of drug-likeness (QED) is 0.899. The van der Waals surface area contributed by atoms with Gasteiger partial charge >= 0.3 is 0 Å². The molecule has 0 saturated heterocycles. The second-order valence-corrected chi connectivity index (χ2v) is 5.90. The summed E-state index contributed by atoms with van der Waals surface area (Å²) in [6, 6.07) is 4.96. The Morgan fingerprint density at radius 3 is 2.75 bits per heavy atom. The molecule has 1 aliphatic rings. The summed E-state index contributed by atoms with van der Waals surface area (Å²) in [5, 5.41) is 4.73. The van der Waals surface area contributed by atoms with Crippen LogP contribution in [0.15, 0.2) is 23.6 Å². The molecular weight excluding hydrogens is 330 g/mol. The van der Waals surface area contributed by atoms with Crippen molar-refractivity contribution in [3.05, 3.63) is 34.8 Å². The molecule has 24 heavy (non-hydrogen) atoms. The Kier molecular flexibility index (Phi) is 4.66. The summed E-state index contributed by atoms with van der Waals surface area (Å²) < 4.78 is 10.5. The van der Waals surface area contributed by atoms with E-state index in [1.54, 1.807) is 28.5 Å². The first-order valence-electron chi connectivity index (χ1n) is 7.58. The number of rotatable bonds is 5. The molecule has 0 fully saturated rings. The third-order valence-electron chi connectivity index (χ3n) is 3.63. The van der Waals surface area contributed by atoms with Gasteiger partial charge in [0.25, 0.3) is 11.8 Å². The van der Waals surface area contributed by atoms with Crippen LogP contribution in [0.5, 0.6) is 11.5 Å². The highest BCUT2D eigenvalue weighted by Crippen LogP contribution is 2.32. The lowest BCUT2D eigenvalue weighted by Gasteiger charge is -2.16. The maximum atomic E-state index is 12.3. The van der Waals surface area contributed by atoms with Crippen LogP contribution in [-0.2, 0) is 0 Å². The first kappa shape index (κ1) is 16.3. The van der Waals surface area contributed by atoms with Gasteiger partial charge in [0.1, 0.15) is 5.69 Å². The van der Waals surface area contributed by atoms with Crippen molar-refractivity contribution in [1.82, 2.24) is 9.88 Å². The van der Waals surface area contributed by atoms with E-state index in [1.807, 2.05) is 13.8 Å². The van der Waals surface area contributed by atoms with E-state index in [4.69, 9.17) is 9.47 Å². The molecule has 0 atom stereocenters. The van der Waals surface area contributed by atoms with Crippen molar-refractivity contribution >= 4 is 28.3 Å². The van der Waals surface area contributed by atoms with Gasteiger partial charge in [-0.15, -0.1) is 11.3 Å². The third kappa shape index (κ3) is 3.18. The van der Waals surface area contributed by atoms with Crippen molar-refractivity contribution in [2.45, 2.75) is 13.8 Å². The molecular formula is C16H17N3O4S. The van der Waals surface area contributed by atoms with Crippen LogP contribution in [-0.4, -0.2) is 41.6 Å². The molecule has 1 N–H and O–H groups in total. The van der Waals surface area contributed by atoms with E-state index in [1.165, 1.54) is 11.3 Å². The van der Waals surface area contributed by atoms with Gasteiger partial charge < -0.3 is 14.4 Å². The van der Waals surface area contributed by atoms with Crippen molar-refractivity contribution in [3.8, 4) is 11.5 Å². The summed E-state index contributed by atoms with van der Waals surface area (Å²) >= 11 is 1.22. The molecule has 2 amide bonds. The highest BCUT2D eigenvalue weighted by molar-refractivity contribution is 7.14. The number of carbonyl (C=O) groups excluding carboxylic acids is 2. The standard InChI is InChI=1S/C16H17N3O4S/c1-3-19(4-2)15(21)11-8-24-16(17-11)18-14(20)10-5-6-12-13(7-10)23-9-22-12/h5-8H,3-4,9H2,1-2H3,(H,17,18,20). The van der Waals surface area contributed by atoms with Gasteiger partial charge in [0, 0.05) is 24.0 Å². The first-order chi connectivity index (χ1) is 11.6. The predicted octanol–water partition coefficient (Wildman–Crippen LogP) is 2.61. The topological polar surface area (TPSA) is 80.8 Å². The van der Waals surface area contributed by atoms with Crippen LogP contribution in [0, 0.1) is 0 Å². The number of anilines is 1. The number of aromatic nitrogens is 1. The molecule has 0 bridgehead atoms. The lowest BCUT2D eigenvalue weighted by atomic mass is 10.2. The molecule has 2 aromatic rings. The van der Waals surface area contributed by atoms with E-state index < -0.39 is 0 Å². The number of thiazole rings is 1. The van der Waals surface area contributed by atoms with Gasteiger partial charge in [-0.2, -0.15) is 0 Å². The van der Waals surface area contributed by atoms with Crippen LogP contribution >= 0.6 is 11.3 Å². The molecule has 0 aliphatic carbocycles. The monoisotopic (exact) mass is 347 g/mol. The lowest BCUT2D eigenvalue weighted by Crippen LogP contribution is -2.30. The van der Waals surface area contributed by atoms with E-state index in [2.05, 4.69) is 10.3 Å². The fraction of sp³-hybridized carbons (Fsp3) is 0.312. The summed E-state index contributed by atoms with van der Waals surface area (Å²) in [6.07, 6.45) is 0. The van der Waals surface area contributed by atoms with Crippen LogP contribution in [0.1, 0.15) is 34.7 Å². The molecule has 1 aromatic carbocycles. The van der Waals surface area contributed by atoms with Crippen molar-refractivity contribution in [3.63, 3.8) is 0 Å². The van der Waals surface area contributed by atoms with E-state index in [-0.39, 0.29) is 18.6 Å². The Morgan fingerprint density at radius 2 is 2.00 bits per heavy atom. The molecule has 3 rings (SSSR count). The van der Waals surface area contributed by atoms with Gasteiger partial charge in [0.15, 0.2) is 16.6 Å². The summed E-state index contributed by atoms with van der Waals surface area (Å²) in [7, 11) is 0. The third-order valence-corrected chi connectivity index (χ3v) is 4.39. The zero-order valence-corrected chi connectivity index (χ0v) is 14.2. The second-order valence-electron chi connectivity index (χ2n) is 5.04. The maximum Gasteiger partial charge on any atom is 0.273 e. The summed E-state index contributed by atoms with van der Waals surface area (Å²) in [6.45, 7) is 5.22. The minimum atomic E-state index is -0.315. The van der Waals surface area contributed by atoms with Crippen LogP contribution in [0.2, 0.25) is 0 Å². The minimum Gasteiger partial charge on any atom is -0.454 e. The molecule has 0 spiro atoms. The van der Waals surface area contributed by atoms with Crippen molar-refractivity contribution in [2.24, 2.45) is 0 Å². The minimum absolute atomic E-state index is 0.139. The lowest BCUT2D eigenvalue weighted by molar-refractivity contribution is 0.0767. The molecule has 7 nitrogen and oxygen atoms in total. The highest BCUT2D eigenvalue weighted by Gasteiger charge is 2.19. The summed E-state index contributed by atoms with van der Waals surface area (Å²) in [5.41, 5.74) is 0.774. The zero-order valence-electron chi connectivity index (χ0n) is 13.4. The number of carbonyl (C=O) groups is 2. The normalized spacial score (nSPS) is 12.1. The molecule has 1 aromatic heterocycles. The van der Waals surface area contributed by atoms with Crippen molar-refractivity contribution < 1.29 is 19.1 Å². The van der Waals surface area contributed by atoms with Gasteiger partial charge in [0.2, 0.25) is 6.79 Å². The van der Waals surface area contributed by atoms with Gasteiger partial charge in [-0.25, -0.2) is 4.98 Å². The molecule has 0 radical (unpaired) electrons. The van der Waals surface area contributed by atoms with Gasteiger partial charge in [-0.1, -0.05) is 0 Å². The molecule has 126 valence electrons. The van der Waals surface area contributed by atoms with E-state index in [0.29, 0.717) is 41.0 Å². The number of hydrogen-bond acceptors (Lipinski definition) is 6. The smallest absolute Gasteiger partial charge is 0.273 e. The van der Waals surface area contributed by atoms with Crippen LogP contribution < -0.4 is 14.8 Å². The number of amides is 2. The molecule has 0 unspecified atom stereocenters. The predicted molar refractivity (Wildman–Crippen MR) is 89.9 cm³/mol. The number of ether oxygens (including phenoxy) is 2. The van der Waals surface area contributed by atoms with Crippen LogP contribution in [0.3, 0.4) is 0 Å².